The van der Waals surface area contributed by atoms with Gasteiger partial charge in [0.05, 0.1) is 12.8 Å². The molecule has 0 radical (unpaired) electrons. The molecule has 6 nitrogen and oxygen atoms in total. The molecule has 1 heterocycles. The highest BCUT2D eigenvalue weighted by Crippen LogP contribution is 2.25. The van der Waals surface area contributed by atoms with E-state index in [-0.39, 0.29) is 11.6 Å². The first kappa shape index (κ1) is 20.3. The van der Waals surface area contributed by atoms with Crippen LogP contribution in [0.3, 0.4) is 0 Å². The summed E-state index contributed by atoms with van der Waals surface area (Å²) < 4.78 is 20.3. The Morgan fingerprint density at radius 3 is 2.52 bits per heavy atom. The van der Waals surface area contributed by atoms with Crippen LogP contribution in [0.2, 0.25) is 0 Å². The molecular formula is C24H21FN4O2. The maximum absolute atomic E-state index is 13.5. The summed E-state index contributed by atoms with van der Waals surface area (Å²) in [6, 6.07) is 18.8. The van der Waals surface area contributed by atoms with Crippen LogP contribution in [0.1, 0.15) is 21.7 Å². The van der Waals surface area contributed by atoms with Crippen molar-refractivity contribution in [1.29, 1.82) is 0 Å². The fourth-order valence-electron chi connectivity index (χ4n) is 3.21. The van der Waals surface area contributed by atoms with E-state index in [4.69, 9.17) is 4.74 Å². The molecule has 0 atom stereocenters. The number of benzene rings is 3. The minimum absolute atomic E-state index is 0.00283. The lowest BCUT2D eigenvalue weighted by Crippen LogP contribution is -2.14. The number of amides is 1. The summed E-state index contributed by atoms with van der Waals surface area (Å²) in [6.07, 6.45) is 0. The highest BCUT2D eigenvalue weighted by Gasteiger charge is 2.20. The molecule has 0 unspecified atom stereocenters. The van der Waals surface area contributed by atoms with Gasteiger partial charge in [-0.2, -0.15) is 0 Å². The number of hydrogen-bond acceptors (Lipinski definition) is 4. The van der Waals surface area contributed by atoms with Gasteiger partial charge in [0.25, 0.3) is 5.91 Å². The summed E-state index contributed by atoms with van der Waals surface area (Å²) >= 11 is 0. The van der Waals surface area contributed by atoms with Crippen LogP contribution in [-0.2, 0) is 0 Å². The van der Waals surface area contributed by atoms with Gasteiger partial charge in [0.15, 0.2) is 5.82 Å². The number of hydrogen-bond donors (Lipinski definition) is 1. The number of halogens is 1. The van der Waals surface area contributed by atoms with Crippen LogP contribution in [-0.4, -0.2) is 27.8 Å². The van der Waals surface area contributed by atoms with Gasteiger partial charge >= 0.3 is 0 Å². The molecule has 0 saturated carbocycles. The molecule has 1 aromatic heterocycles. The number of methoxy groups -OCH3 is 1. The highest BCUT2D eigenvalue weighted by atomic mass is 19.1. The third-order valence-corrected chi connectivity index (χ3v) is 5.04. The van der Waals surface area contributed by atoms with Crippen molar-refractivity contribution in [3.05, 3.63) is 89.5 Å². The summed E-state index contributed by atoms with van der Waals surface area (Å²) in [5, 5.41) is 7.28. The second-order valence-electron chi connectivity index (χ2n) is 7.08. The van der Waals surface area contributed by atoms with Crippen molar-refractivity contribution in [3.63, 3.8) is 0 Å². The van der Waals surface area contributed by atoms with E-state index in [0.717, 1.165) is 16.8 Å². The first-order valence-electron chi connectivity index (χ1n) is 9.71. The van der Waals surface area contributed by atoms with Gasteiger partial charge in [-0.15, -0.1) is 5.10 Å². The number of anilines is 1. The van der Waals surface area contributed by atoms with Gasteiger partial charge < -0.3 is 10.1 Å². The molecule has 1 N–H and O–H groups in total. The van der Waals surface area contributed by atoms with Crippen LogP contribution < -0.4 is 10.1 Å². The summed E-state index contributed by atoms with van der Waals surface area (Å²) in [5.41, 5.74) is 4.11. The van der Waals surface area contributed by atoms with Crippen LogP contribution in [0.5, 0.6) is 5.75 Å². The van der Waals surface area contributed by atoms with Gasteiger partial charge in [0, 0.05) is 17.3 Å². The minimum Gasteiger partial charge on any atom is -0.497 e. The Morgan fingerprint density at radius 2 is 1.77 bits per heavy atom. The molecule has 0 saturated heterocycles. The summed E-state index contributed by atoms with van der Waals surface area (Å²) in [4.78, 5) is 17.4. The quantitative estimate of drug-likeness (QED) is 0.500. The van der Waals surface area contributed by atoms with Crippen LogP contribution in [0.4, 0.5) is 10.1 Å². The number of aromatic nitrogens is 3. The maximum Gasteiger partial charge on any atom is 0.295 e. The smallest absolute Gasteiger partial charge is 0.295 e. The van der Waals surface area contributed by atoms with Crippen molar-refractivity contribution in [2.24, 2.45) is 0 Å². The van der Waals surface area contributed by atoms with Crippen molar-refractivity contribution < 1.29 is 13.9 Å². The zero-order chi connectivity index (χ0) is 22.0. The molecule has 156 valence electrons. The lowest BCUT2D eigenvalue weighted by Gasteiger charge is -2.11. The van der Waals surface area contributed by atoms with E-state index in [1.807, 2.05) is 32.0 Å². The zero-order valence-electron chi connectivity index (χ0n) is 17.4. The van der Waals surface area contributed by atoms with E-state index in [1.165, 1.54) is 12.1 Å². The van der Waals surface area contributed by atoms with Crippen molar-refractivity contribution >= 4 is 11.6 Å². The van der Waals surface area contributed by atoms with Crippen LogP contribution in [0.25, 0.3) is 17.1 Å². The largest absolute Gasteiger partial charge is 0.497 e. The van der Waals surface area contributed by atoms with Crippen LogP contribution in [0, 0.1) is 19.7 Å². The van der Waals surface area contributed by atoms with Crippen molar-refractivity contribution in [2.75, 3.05) is 12.4 Å². The van der Waals surface area contributed by atoms with E-state index < -0.39 is 5.91 Å². The summed E-state index contributed by atoms with van der Waals surface area (Å²) in [7, 11) is 1.56. The second kappa shape index (κ2) is 8.39. The molecule has 0 fully saturated rings. The predicted molar refractivity (Wildman–Crippen MR) is 117 cm³/mol. The van der Waals surface area contributed by atoms with Gasteiger partial charge in [-0.1, -0.05) is 18.2 Å². The Bertz CT molecular complexity index is 1250. The van der Waals surface area contributed by atoms with Crippen LogP contribution in [0.15, 0.2) is 66.7 Å². The molecule has 0 aliphatic carbocycles. The molecule has 31 heavy (non-hydrogen) atoms. The molecule has 0 aliphatic rings. The summed E-state index contributed by atoms with van der Waals surface area (Å²) in [6.45, 7) is 3.99. The molecule has 0 aliphatic heterocycles. The molecule has 3 aromatic carbocycles. The fourth-order valence-corrected chi connectivity index (χ4v) is 3.21. The topological polar surface area (TPSA) is 69.0 Å². The number of carbonyl (C=O) groups excluding carboxylic acids is 1. The lowest BCUT2D eigenvalue weighted by molar-refractivity contribution is 0.101. The van der Waals surface area contributed by atoms with Gasteiger partial charge in [0.2, 0.25) is 5.82 Å². The van der Waals surface area contributed by atoms with Crippen LogP contribution >= 0.6 is 0 Å². The molecule has 4 aromatic rings. The number of rotatable bonds is 5. The lowest BCUT2D eigenvalue weighted by atomic mass is 10.1. The van der Waals surface area contributed by atoms with Gasteiger partial charge in [-0.05, 0) is 67.4 Å². The van der Waals surface area contributed by atoms with Crippen molar-refractivity contribution in [3.8, 4) is 22.8 Å². The van der Waals surface area contributed by atoms with Gasteiger partial charge in [0.1, 0.15) is 11.6 Å². The Morgan fingerprint density at radius 1 is 1.03 bits per heavy atom. The van der Waals surface area contributed by atoms with E-state index in [9.17, 15) is 9.18 Å². The Kier molecular flexibility index (Phi) is 5.49. The average Bonchev–Trinajstić information content (AvgIpc) is 3.21. The number of aryl methyl sites for hydroxylation is 1. The second-order valence-corrected chi connectivity index (χ2v) is 7.08. The number of nitrogens with zero attached hydrogens (tertiary/aromatic N) is 3. The maximum atomic E-state index is 13.5. The average molecular weight is 416 g/mol. The van der Waals surface area contributed by atoms with Crippen molar-refractivity contribution in [2.45, 2.75) is 13.8 Å². The molecule has 1 amide bonds. The highest BCUT2D eigenvalue weighted by molar-refractivity contribution is 6.02. The molecule has 0 bridgehead atoms. The predicted octanol–water partition coefficient (Wildman–Crippen LogP) is 4.95. The SMILES string of the molecule is COc1cccc(NC(=O)c2nc(-c3ccc(F)cc3)n(-c3cccc(C)c3C)n2)c1. The fraction of sp³-hybridized carbons (Fsp3) is 0.125. The standard InChI is InChI=1S/C24H21FN4O2/c1-15-6-4-9-21(16(15)2)29-23(17-10-12-18(25)13-11-17)27-22(28-29)24(30)26-19-7-5-8-20(14-19)31-3/h4-14H,1-3H3,(H,26,30). The van der Waals surface area contributed by atoms with E-state index >= 15 is 0 Å². The van der Waals surface area contributed by atoms with Gasteiger partial charge in [-0.25, -0.2) is 14.1 Å². The van der Waals surface area contributed by atoms with E-state index in [2.05, 4.69) is 15.4 Å². The Labute approximate surface area is 179 Å². The molecule has 4 rings (SSSR count). The van der Waals surface area contributed by atoms with E-state index in [0.29, 0.717) is 22.8 Å². The first-order chi connectivity index (χ1) is 15.0. The first-order valence-corrected chi connectivity index (χ1v) is 9.71. The van der Waals surface area contributed by atoms with Gasteiger partial charge in [-0.3, -0.25) is 4.79 Å². The third-order valence-electron chi connectivity index (χ3n) is 5.04. The zero-order valence-corrected chi connectivity index (χ0v) is 17.4. The minimum atomic E-state index is -0.458. The summed E-state index contributed by atoms with van der Waals surface area (Å²) in [5.74, 6) is 0.268. The molecule has 0 spiro atoms. The molecular weight excluding hydrogens is 395 g/mol. The Hall–Kier alpha value is -4.00. The van der Waals surface area contributed by atoms with Crippen molar-refractivity contribution in [1.82, 2.24) is 14.8 Å². The monoisotopic (exact) mass is 416 g/mol. The van der Waals surface area contributed by atoms with E-state index in [1.54, 1.807) is 48.2 Å². The normalized spacial score (nSPS) is 10.7. The number of carbonyl (C=O) groups is 1. The number of nitrogens with one attached hydrogen (secondary N) is 1. The number of ether oxygens (including phenoxy) is 1. The Balaban J connectivity index is 1.78. The third kappa shape index (κ3) is 4.16. The molecule has 7 heteroatoms.